The second-order valence-corrected chi connectivity index (χ2v) is 10.7. The van der Waals surface area contributed by atoms with Gasteiger partial charge < -0.3 is 34.5 Å². The number of nitrogens with one attached hydrogen (secondary N) is 1. The molecule has 1 aliphatic heterocycles. The summed E-state index contributed by atoms with van der Waals surface area (Å²) in [5.74, 6) is 1.88. The fraction of sp³-hybridized carbons (Fsp3) is 0.455. The number of hydrogen-bond donors (Lipinski definition) is 7. The number of aliphatic hydroxyl groups excluding tert-OH is 1. The van der Waals surface area contributed by atoms with Crippen LogP contribution in [0.25, 0.3) is 0 Å². The van der Waals surface area contributed by atoms with Gasteiger partial charge in [-0.25, -0.2) is 13.7 Å². The Balaban J connectivity index is 2.19. The molecule has 0 aliphatic carbocycles. The van der Waals surface area contributed by atoms with E-state index in [0.717, 1.165) is 16.8 Å². The van der Waals surface area contributed by atoms with Gasteiger partial charge in [0.15, 0.2) is 16.6 Å². The normalized spacial score (nSPS) is 30.3. The van der Waals surface area contributed by atoms with Crippen molar-refractivity contribution < 1.29 is 61.4 Å². The number of aliphatic hydroxyl groups is 2. The summed E-state index contributed by atoms with van der Waals surface area (Å²) in [6.45, 7) is -1.08. The lowest BCUT2D eigenvalue weighted by molar-refractivity contribution is -0.0751. The molecule has 20 heteroatoms. The van der Waals surface area contributed by atoms with Crippen molar-refractivity contribution >= 4 is 35.7 Å². The van der Waals surface area contributed by atoms with Crippen molar-refractivity contribution in [3.05, 3.63) is 27.4 Å². The number of phosphoric acid groups is 3. The number of ether oxygens (including phenoxy) is 1. The maximum absolute atomic E-state index is 11.8. The van der Waals surface area contributed by atoms with Crippen molar-refractivity contribution in [1.82, 2.24) is 9.55 Å². The van der Waals surface area contributed by atoms with E-state index in [0.29, 0.717) is 0 Å². The van der Waals surface area contributed by atoms with Crippen molar-refractivity contribution in [3.63, 3.8) is 0 Å². The quantitative estimate of drug-likeness (QED) is 0.121. The van der Waals surface area contributed by atoms with Crippen LogP contribution in [0.1, 0.15) is 6.23 Å². The first-order chi connectivity index (χ1) is 14.0. The van der Waals surface area contributed by atoms with E-state index >= 15 is 0 Å². The molecule has 2 heterocycles. The van der Waals surface area contributed by atoms with Crippen LogP contribution in [0.2, 0.25) is 0 Å². The summed E-state index contributed by atoms with van der Waals surface area (Å²) in [7, 11) is -16.8. The fourth-order valence-electron chi connectivity index (χ4n) is 2.42. The molecule has 174 valence electrons. The minimum atomic E-state index is -5.75. The molecular formula is C11H15N2O14P3S. The van der Waals surface area contributed by atoms with E-state index in [2.05, 4.69) is 18.1 Å². The first kappa shape index (κ1) is 26.2. The third-order valence-electron chi connectivity index (χ3n) is 3.64. The molecular weight excluding hydrogens is 509 g/mol. The van der Waals surface area contributed by atoms with Crippen LogP contribution >= 0.6 is 35.7 Å². The summed E-state index contributed by atoms with van der Waals surface area (Å²) in [5.41, 5.74) is -3.06. The van der Waals surface area contributed by atoms with Gasteiger partial charge in [-0.1, -0.05) is 5.92 Å². The first-order valence-corrected chi connectivity index (χ1v) is 12.6. The Bertz CT molecular complexity index is 1140. The van der Waals surface area contributed by atoms with E-state index in [4.69, 9.17) is 38.1 Å². The Labute approximate surface area is 177 Å². The molecule has 2 rings (SSSR count). The van der Waals surface area contributed by atoms with Crippen molar-refractivity contribution in [2.75, 3.05) is 6.61 Å². The summed E-state index contributed by atoms with van der Waals surface area (Å²) in [6, 6.07) is 1.00. The standard InChI is InChI=1S/C11H15N2O14P3S/c1-2-11(16)8(15)6(25-9(11)13-4-3-7(14)12-10(13)31)5-24-29(20,21)27-30(22,23)26-28(17,18)19/h1,3-4,6,8-9,15-16H,5H2,(H,20,21)(H,22,23)(H,12,14,31)(H2,17,18,19). The summed E-state index contributed by atoms with van der Waals surface area (Å²) in [4.78, 5) is 49.1. The number of aromatic amines is 1. The third kappa shape index (κ3) is 6.48. The highest BCUT2D eigenvalue weighted by Gasteiger charge is 2.56. The van der Waals surface area contributed by atoms with Crippen molar-refractivity contribution in [3.8, 4) is 12.3 Å². The second kappa shape index (κ2) is 9.06. The van der Waals surface area contributed by atoms with Gasteiger partial charge in [-0.15, -0.1) is 6.42 Å². The maximum atomic E-state index is 11.8. The highest BCUT2D eigenvalue weighted by atomic mass is 32.1. The first-order valence-electron chi connectivity index (χ1n) is 7.63. The Hall–Kier alpha value is -1.05. The van der Waals surface area contributed by atoms with E-state index in [-0.39, 0.29) is 4.77 Å². The number of nitrogens with zero attached hydrogens (tertiary/aromatic N) is 1. The zero-order chi connectivity index (χ0) is 23.8. The molecule has 0 bridgehead atoms. The van der Waals surface area contributed by atoms with Gasteiger partial charge in [0, 0.05) is 12.3 Å². The zero-order valence-electron chi connectivity index (χ0n) is 14.8. The van der Waals surface area contributed by atoms with Gasteiger partial charge in [0.1, 0.15) is 12.2 Å². The van der Waals surface area contributed by atoms with Crippen molar-refractivity contribution in [2.24, 2.45) is 0 Å². The second-order valence-electron chi connectivity index (χ2n) is 5.85. The van der Waals surface area contributed by atoms with Crippen LogP contribution in [0.15, 0.2) is 17.1 Å². The minimum Gasteiger partial charge on any atom is -0.386 e. The third-order valence-corrected chi connectivity index (χ3v) is 7.75. The van der Waals surface area contributed by atoms with Crippen molar-refractivity contribution in [1.29, 1.82) is 0 Å². The van der Waals surface area contributed by atoms with E-state index in [9.17, 15) is 33.6 Å². The molecule has 0 amide bonds. The minimum absolute atomic E-state index is 0.257. The predicted molar refractivity (Wildman–Crippen MR) is 99.4 cm³/mol. The Morgan fingerprint density at radius 3 is 2.39 bits per heavy atom. The molecule has 16 nitrogen and oxygen atoms in total. The average Bonchev–Trinajstić information content (AvgIpc) is 2.82. The van der Waals surface area contributed by atoms with Gasteiger partial charge >= 0.3 is 23.5 Å². The molecule has 7 N–H and O–H groups in total. The number of rotatable bonds is 8. The Morgan fingerprint density at radius 2 is 1.87 bits per heavy atom. The number of hydrogen-bond acceptors (Lipinski definition) is 11. The van der Waals surface area contributed by atoms with Crippen LogP contribution in [0.4, 0.5) is 0 Å². The van der Waals surface area contributed by atoms with Gasteiger partial charge in [-0.2, -0.15) is 8.62 Å². The Kier molecular flexibility index (Phi) is 7.66. The lowest BCUT2D eigenvalue weighted by Crippen LogP contribution is -2.46. The smallest absolute Gasteiger partial charge is 0.386 e. The number of aromatic nitrogens is 2. The lowest BCUT2D eigenvalue weighted by Gasteiger charge is -2.26. The van der Waals surface area contributed by atoms with Crippen molar-refractivity contribution in [2.45, 2.75) is 24.0 Å². The van der Waals surface area contributed by atoms with Crippen LogP contribution in [0, 0.1) is 17.1 Å². The van der Waals surface area contributed by atoms with Gasteiger partial charge in [0.25, 0.3) is 5.56 Å². The molecule has 1 aromatic heterocycles. The van der Waals surface area contributed by atoms with Gasteiger partial charge in [-0.3, -0.25) is 18.9 Å². The molecule has 0 aromatic carbocycles. The molecule has 1 saturated heterocycles. The topological polar surface area (TPSA) is 247 Å². The van der Waals surface area contributed by atoms with Crippen LogP contribution in [0.5, 0.6) is 0 Å². The maximum Gasteiger partial charge on any atom is 0.490 e. The van der Waals surface area contributed by atoms with Gasteiger partial charge in [0.05, 0.1) is 6.61 Å². The molecule has 31 heavy (non-hydrogen) atoms. The SMILES string of the molecule is C#CC1(O)C(O)C(COP(=O)(O)OP(=O)(O)OP(=O)(O)O)OC1n1ccc(=O)[nH]c1=S. The van der Waals surface area contributed by atoms with Gasteiger partial charge in [-0.05, 0) is 12.2 Å². The van der Waals surface area contributed by atoms with E-state index in [1.807, 2.05) is 5.92 Å². The van der Waals surface area contributed by atoms with E-state index in [1.165, 1.54) is 0 Å². The molecule has 1 fully saturated rings. The highest BCUT2D eigenvalue weighted by Crippen LogP contribution is 2.66. The molecule has 6 unspecified atom stereocenters. The monoisotopic (exact) mass is 524 g/mol. The molecule has 0 spiro atoms. The zero-order valence-corrected chi connectivity index (χ0v) is 18.3. The van der Waals surface area contributed by atoms with Crippen LogP contribution in [-0.2, 0) is 31.6 Å². The number of phosphoric ester groups is 1. The molecule has 1 aromatic rings. The summed E-state index contributed by atoms with van der Waals surface area (Å²) in [5, 5.41) is 20.9. The van der Waals surface area contributed by atoms with Crippen LogP contribution < -0.4 is 5.56 Å². The van der Waals surface area contributed by atoms with Crippen LogP contribution in [0.3, 0.4) is 0 Å². The fourth-order valence-corrected chi connectivity index (χ4v) is 5.71. The Morgan fingerprint density at radius 1 is 1.26 bits per heavy atom. The molecule has 6 atom stereocenters. The number of terminal acetylenes is 1. The highest BCUT2D eigenvalue weighted by molar-refractivity contribution is 7.71. The lowest BCUT2D eigenvalue weighted by atomic mass is 9.95. The van der Waals surface area contributed by atoms with Gasteiger partial charge in [0.2, 0.25) is 0 Å². The molecule has 0 radical (unpaired) electrons. The molecule has 1 aliphatic rings. The van der Waals surface area contributed by atoms with Crippen LogP contribution in [-0.4, -0.2) is 63.8 Å². The average molecular weight is 524 g/mol. The summed E-state index contributed by atoms with van der Waals surface area (Å²) < 4.78 is 51.2. The summed E-state index contributed by atoms with van der Waals surface area (Å²) >= 11 is 4.92. The molecule has 0 saturated carbocycles. The van der Waals surface area contributed by atoms with E-state index in [1.54, 1.807) is 0 Å². The number of H-pyrrole nitrogens is 1. The summed E-state index contributed by atoms with van der Waals surface area (Å²) in [6.07, 6.45) is 1.13. The predicted octanol–water partition coefficient (Wildman–Crippen LogP) is -1.13. The van der Waals surface area contributed by atoms with E-state index < -0.39 is 59.7 Å². The largest absolute Gasteiger partial charge is 0.490 e.